The molecule has 1 N–H and O–H groups in total. The molecule has 1 fully saturated rings. The maximum atomic E-state index is 10.5. The van der Waals surface area contributed by atoms with Crippen LogP contribution in [0.2, 0.25) is 0 Å². The summed E-state index contributed by atoms with van der Waals surface area (Å²) in [6.45, 7) is 2.21. The summed E-state index contributed by atoms with van der Waals surface area (Å²) in [5.41, 5.74) is 0.238. The molecular weight excluding hydrogens is 198 g/mol. The third-order valence-corrected chi connectivity index (χ3v) is 4.16. The molecular formula is C10H13NO2S. The van der Waals surface area contributed by atoms with Gasteiger partial charge in [-0.3, -0.25) is 4.79 Å². The molecule has 0 amide bonds. The standard InChI is InChI=1S/C10H13NO2S/c1-10(3-2-4-10)9-11-6-7(14-9)5-8(12)13/h6H,2-5H2,1H3,(H,12,13). The molecule has 1 aromatic rings. The van der Waals surface area contributed by atoms with E-state index in [-0.39, 0.29) is 11.8 Å². The zero-order valence-corrected chi connectivity index (χ0v) is 8.93. The van der Waals surface area contributed by atoms with E-state index in [2.05, 4.69) is 11.9 Å². The van der Waals surface area contributed by atoms with Gasteiger partial charge in [0.1, 0.15) is 0 Å². The Morgan fingerprint density at radius 3 is 2.93 bits per heavy atom. The second-order valence-electron chi connectivity index (χ2n) is 4.12. The van der Waals surface area contributed by atoms with Crippen molar-refractivity contribution in [1.29, 1.82) is 0 Å². The normalized spacial score (nSPS) is 18.9. The van der Waals surface area contributed by atoms with E-state index >= 15 is 0 Å². The zero-order chi connectivity index (χ0) is 10.2. The summed E-state index contributed by atoms with van der Waals surface area (Å²) in [7, 11) is 0. The van der Waals surface area contributed by atoms with Gasteiger partial charge in [0, 0.05) is 16.5 Å². The molecule has 1 aromatic heterocycles. The number of aliphatic carboxylic acids is 1. The minimum atomic E-state index is -0.779. The summed E-state index contributed by atoms with van der Waals surface area (Å²) >= 11 is 1.55. The largest absolute Gasteiger partial charge is 0.481 e. The molecule has 0 aliphatic heterocycles. The Morgan fingerprint density at radius 1 is 1.71 bits per heavy atom. The Kier molecular flexibility index (Phi) is 2.31. The fourth-order valence-corrected chi connectivity index (χ4v) is 2.84. The molecule has 2 rings (SSSR count). The van der Waals surface area contributed by atoms with E-state index in [0.29, 0.717) is 0 Å². The third-order valence-electron chi connectivity index (χ3n) is 2.85. The third kappa shape index (κ3) is 1.66. The summed E-state index contributed by atoms with van der Waals surface area (Å²) in [6.07, 6.45) is 5.45. The van der Waals surface area contributed by atoms with Crippen LogP contribution in [0.25, 0.3) is 0 Å². The molecule has 0 aromatic carbocycles. The number of nitrogens with zero attached hydrogens (tertiary/aromatic N) is 1. The van der Waals surface area contributed by atoms with Crippen LogP contribution in [0.1, 0.15) is 36.1 Å². The minimum Gasteiger partial charge on any atom is -0.481 e. The van der Waals surface area contributed by atoms with Crippen molar-refractivity contribution in [3.63, 3.8) is 0 Å². The van der Waals surface area contributed by atoms with Crippen molar-refractivity contribution in [2.75, 3.05) is 0 Å². The number of rotatable bonds is 3. The predicted molar refractivity (Wildman–Crippen MR) is 54.7 cm³/mol. The van der Waals surface area contributed by atoms with E-state index in [0.717, 1.165) is 9.88 Å². The molecule has 0 saturated heterocycles. The molecule has 1 aliphatic carbocycles. The number of carboxylic acid groups (broad SMARTS) is 1. The first-order valence-corrected chi connectivity index (χ1v) is 5.59. The average Bonchev–Trinajstić information content (AvgIpc) is 2.47. The van der Waals surface area contributed by atoms with Crippen LogP contribution in [-0.4, -0.2) is 16.1 Å². The lowest BCUT2D eigenvalue weighted by atomic mass is 9.71. The average molecular weight is 211 g/mol. The molecule has 1 saturated carbocycles. The topological polar surface area (TPSA) is 50.2 Å². The monoisotopic (exact) mass is 211 g/mol. The number of hydrogen-bond donors (Lipinski definition) is 1. The lowest BCUT2D eigenvalue weighted by Crippen LogP contribution is -2.29. The highest BCUT2D eigenvalue weighted by atomic mass is 32.1. The first-order valence-electron chi connectivity index (χ1n) is 4.77. The Bertz CT molecular complexity index is 355. The lowest BCUT2D eigenvalue weighted by Gasteiger charge is -2.36. The molecule has 0 bridgehead atoms. The molecule has 0 atom stereocenters. The summed E-state index contributed by atoms with van der Waals surface area (Å²) in [6, 6.07) is 0. The summed E-state index contributed by atoms with van der Waals surface area (Å²) in [5, 5.41) is 9.74. The van der Waals surface area contributed by atoms with Crippen LogP contribution in [0.15, 0.2) is 6.20 Å². The van der Waals surface area contributed by atoms with Gasteiger partial charge in [0.05, 0.1) is 11.4 Å². The Balaban J connectivity index is 2.13. The molecule has 14 heavy (non-hydrogen) atoms. The molecule has 1 aliphatic rings. The van der Waals surface area contributed by atoms with E-state index in [9.17, 15) is 4.79 Å². The van der Waals surface area contributed by atoms with Crippen molar-refractivity contribution >= 4 is 17.3 Å². The van der Waals surface area contributed by atoms with Crippen molar-refractivity contribution in [1.82, 2.24) is 4.98 Å². The summed E-state index contributed by atoms with van der Waals surface area (Å²) in [5.74, 6) is -0.779. The van der Waals surface area contributed by atoms with Gasteiger partial charge >= 0.3 is 5.97 Å². The van der Waals surface area contributed by atoms with Gasteiger partial charge in [-0.2, -0.15) is 0 Å². The molecule has 76 valence electrons. The number of thiazole rings is 1. The highest BCUT2D eigenvalue weighted by Gasteiger charge is 2.36. The molecule has 0 unspecified atom stereocenters. The first-order chi connectivity index (χ1) is 6.60. The summed E-state index contributed by atoms with van der Waals surface area (Å²) < 4.78 is 0. The number of carboxylic acids is 1. The highest BCUT2D eigenvalue weighted by Crippen LogP contribution is 2.44. The smallest absolute Gasteiger partial charge is 0.308 e. The minimum absolute atomic E-state index is 0.105. The quantitative estimate of drug-likeness (QED) is 0.834. The van der Waals surface area contributed by atoms with E-state index < -0.39 is 5.97 Å². The van der Waals surface area contributed by atoms with Crippen LogP contribution in [0.4, 0.5) is 0 Å². The first kappa shape index (κ1) is 9.65. The second kappa shape index (κ2) is 3.35. The molecule has 3 nitrogen and oxygen atoms in total. The predicted octanol–water partition coefficient (Wildman–Crippen LogP) is 2.21. The van der Waals surface area contributed by atoms with E-state index in [1.165, 1.54) is 19.3 Å². The van der Waals surface area contributed by atoms with Crippen molar-refractivity contribution in [2.24, 2.45) is 0 Å². The van der Waals surface area contributed by atoms with Crippen LogP contribution in [0.3, 0.4) is 0 Å². The van der Waals surface area contributed by atoms with Gasteiger partial charge < -0.3 is 5.11 Å². The number of carbonyl (C=O) groups is 1. The van der Waals surface area contributed by atoms with Crippen molar-refractivity contribution in [3.8, 4) is 0 Å². The van der Waals surface area contributed by atoms with Crippen LogP contribution >= 0.6 is 11.3 Å². The van der Waals surface area contributed by atoms with Crippen LogP contribution in [0.5, 0.6) is 0 Å². The Hall–Kier alpha value is -0.900. The van der Waals surface area contributed by atoms with Crippen LogP contribution in [-0.2, 0) is 16.6 Å². The van der Waals surface area contributed by atoms with Gasteiger partial charge in [0.15, 0.2) is 0 Å². The molecule has 4 heteroatoms. The number of aromatic nitrogens is 1. The SMILES string of the molecule is CC1(c2ncc(CC(=O)O)s2)CCC1. The van der Waals surface area contributed by atoms with Gasteiger partial charge in [-0.1, -0.05) is 13.3 Å². The second-order valence-corrected chi connectivity index (χ2v) is 5.23. The van der Waals surface area contributed by atoms with Gasteiger partial charge in [-0.15, -0.1) is 11.3 Å². The maximum absolute atomic E-state index is 10.5. The Labute approximate surface area is 86.8 Å². The van der Waals surface area contributed by atoms with E-state index in [1.54, 1.807) is 17.5 Å². The zero-order valence-electron chi connectivity index (χ0n) is 8.12. The molecule has 0 radical (unpaired) electrons. The number of hydrogen-bond acceptors (Lipinski definition) is 3. The fourth-order valence-electron chi connectivity index (χ4n) is 1.74. The van der Waals surface area contributed by atoms with Crippen molar-refractivity contribution in [2.45, 2.75) is 38.0 Å². The van der Waals surface area contributed by atoms with Gasteiger partial charge in [0.2, 0.25) is 0 Å². The highest BCUT2D eigenvalue weighted by molar-refractivity contribution is 7.11. The lowest BCUT2D eigenvalue weighted by molar-refractivity contribution is -0.136. The molecule has 0 spiro atoms. The van der Waals surface area contributed by atoms with Gasteiger partial charge in [-0.25, -0.2) is 4.98 Å². The Morgan fingerprint density at radius 2 is 2.43 bits per heavy atom. The van der Waals surface area contributed by atoms with Crippen molar-refractivity contribution < 1.29 is 9.90 Å². The van der Waals surface area contributed by atoms with Crippen LogP contribution < -0.4 is 0 Å². The van der Waals surface area contributed by atoms with Crippen molar-refractivity contribution in [3.05, 3.63) is 16.1 Å². The summed E-state index contributed by atoms with van der Waals surface area (Å²) in [4.78, 5) is 15.7. The van der Waals surface area contributed by atoms with Gasteiger partial charge in [-0.05, 0) is 12.8 Å². The van der Waals surface area contributed by atoms with E-state index in [1.807, 2.05) is 0 Å². The maximum Gasteiger partial charge on any atom is 0.308 e. The van der Waals surface area contributed by atoms with Gasteiger partial charge in [0.25, 0.3) is 0 Å². The van der Waals surface area contributed by atoms with Crippen LogP contribution in [0, 0.1) is 0 Å². The molecule has 1 heterocycles. The fraction of sp³-hybridized carbons (Fsp3) is 0.600. The van der Waals surface area contributed by atoms with E-state index in [4.69, 9.17) is 5.11 Å².